The molecule has 1 rings (SSSR count). The number of piperidine rings is 1. The van der Waals surface area contributed by atoms with Gasteiger partial charge >= 0.3 is 12.1 Å². The fourth-order valence-corrected chi connectivity index (χ4v) is 1.83. The Morgan fingerprint density at radius 2 is 2.00 bits per heavy atom. The molecule has 1 amide bonds. The number of amides is 1. The van der Waals surface area contributed by atoms with E-state index >= 15 is 0 Å². The Morgan fingerprint density at radius 3 is 2.40 bits per heavy atom. The number of aliphatic carboxylic acids is 1. The molecule has 0 unspecified atom stereocenters. The predicted octanol–water partition coefficient (Wildman–Crippen LogP) is 1.46. The molecule has 0 bridgehead atoms. The molecule has 1 aliphatic heterocycles. The fraction of sp³-hybridized carbons (Fsp3) is 0.778. The highest BCUT2D eigenvalue weighted by atomic mass is 79.9. The maximum Gasteiger partial charge on any atom is 0.409 e. The first-order valence-electron chi connectivity index (χ1n) is 4.83. The molecular formula is C9H14BrNO4. The van der Waals surface area contributed by atoms with Crippen LogP contribution >= 0.6 is 15.9 Å². The van der Waals surface area contributed by atoms with Gasteiger partial charge in [-0.25, -0.2) is 4.79 Å². The van der Waals surface area contributed by atoms with Crippen LogP contribution in [0.1, 0.15) is 19.8 Å². The van der Waals surface area contributed by atoms with Crippen molar-refractivity contribution in [2.45, 2.75) is 24.1 Å². The average Bonchev–Trinajstić information content (AvgIpc) is 2.19. The number of hydrogen-bond donors (Lipinski definition) is 1. The number of nitrogens with zero attached hydrogens (tertiary/aromatic N) is 1. The molecule has 1 heterocycles. The van der Waals surface area contributed by atoms with Gasteiger partial charge in [0.25, 0.3) is 0 Å². The lowest BCUT2D eigenvalue weighted by atomic mass is 9.97. The number of ether oxygens (including phenoxy) is 1. The molecule has 1 N–H and O–H groups in total. The van der Waals surface area contributed by atoms with E-state index in [1.165, 1.54) is 4.90 Å². The molecule has 6 heteroatoms. The monoisotopic (exact) mass is 279 g/mol. The third-order valence-electron chi connectivity index (χ3n) is 2.47. The van der Waals surface area contributed by atoms with Crippen molar-refractivity contribution in [1.82, 2.24) is 4.90 Å². The Morgan fingerprint density at radius 1 is 1.47 bits per heavy atom. The maximum atomic E-state index is 11.3. The highest BCUT2D eigenvalue weighted by Crippen LogP contribution is 2.31. The first kappa shape index (κ1) is 12.3. The summed E-state index contributed by atoms with van der Waals surface area (Å²) in [6.45, 7) is 2.91. The van der Waals surface area contributed by atoms with E-state index in [-0.39, 0.29) is 6.09 Å². The van der Waals surface area contributed by atoms with Gasteiger partial charge < -0.3 is 14.7 Å². The van der Waals surface area contributed by atoms with Crippen LogP contribution in [0, 0.1) is 0 Å². The zero-order valence-corrected chi connectivity index (χ0v) is 10.1. The molecule has 1 saturated heterocycles. The molecule has 0 aromatic heterocycles. The zero-order chi connectivity index (χ0) is 11.5. The van der Waals surface area contributed by atoms with E-state index in [2.05, 4.69) is 15.9 Å². The van der Waals surface area contributed by atoms with E-state index in [1.54, 1.807) is 6.92 Å². The molecule has 0 saturated carbocycles. The Kier molecular flexibility index (Phi) is 3.96. The smallest absolute Gasteiger partial charge is 0.409 e. The zero-order valence-electron chi connectivity index (χ0n) is 8.53. The molecule has 0 radical (unpaired) electrons. The van der Waals surface area contributed by atoms with E-state index in [4.69, 9.17) is 9.84 Å². The largest absolute Gasteiger partial charge is 0.480 e. The molecule has 0 aromatic rings. The number of carbonyl (C=O) groups is 2. The molecule has 0 aliphatic carbocycles. The average molecular weight is 280 g/mol. The number of likely N-dealkylation sites (tertiary alicyclic amines) is 1. The summed E-state index contributed by atoms with van der Waals surface area (Å²) in [5, 5.41) is 8.94. The van der Waals surface area contributed by atoms with E-state index in [9.17, 15) is 9.59 Å². The number of hydrogen-bond acceptors (Lipinski definition) is 3. The third kappa shape index (κ3) is 2.84. The second-order valence-corrected chi connectivity index (χ2v) is 4.97. The molecule has 15 heavy (non-hydrogen) atoms. The molecule has 1 fully saturated rings. The third-order valence-corrected chi connectivity index (χ3v) is 3.60. The maximum absolute atomic E-state index is 11.3. The van der Waals surface area contributed by atoms with E-state index in [0.29, 0.717) is 32.5 Å². The minimum atomic E-state index is -0.879. The number of halogens is 1. The van der Waals surface area contributed by atoms with Crippen LogP contribution in [0.2, 0.25) is 0 Å². The summed E-state index contributed by atoms with van der Waals surface area (Å²) in [6, 6.07) is 0. The van der Waals surface area contributed by atoms with Crippen molar-refractivity contribution in [1.29, 1.82) is 0 Å². The number of carbonyl (C=O) groups excluding carboxylic acids is 1. The molecule has 1 aliphatic rings. The van der Waals surface area contributed by atoms with Gasteiger partial charge in [-0.2, -0.15) is 0 Å². The van der Waals surface area contributed by atoms with Gasteiger partial charge in [-0.05, 0) is 19.8 Å². The molecule has 0 atom stereocenters. The summed E-state index contributed by atoms with van der Waals surface area (Å²) >= 11 is 3.20. The van der Waals surface area contributed by atoms with Gasteiger partial charge in [-0.1, -0.05) is 15.9 Å². The Hall–Kier alpha value is -0.780. The Labute approximate surface area is 96.5 Å². The Bertz CT molecular complexity index is 261. The first-order valence-corrected chi connectivity index (χ1v) is 5.63. The van der Waals surface area contributed by atoms with Gasteiger partial charge in [0, 0.05) is 13.1 Å². The molecule has 5 nitrogen and oxygen atoms in total. The van der Waals surface area contributed by atoms with Gasteiger partial charge in [0.1, 0.15) is 4.32 Å². The standard InChI is InChI=1S/C9H14BrNO4/c1-2-15-8(14)11-5-3-9(10,4-6-11)7(12)13/h2-6H2,1H3,(H,12,13). The van der Waals surface area contributed by atoms with Gasteiger partial charge in [0.2, 0.25) is 0 Å². The van der Waals surface area contributed by atoms with Crippen LogP contribution in [0.3, 0.4) is 0 Å². The molecule has 86 valence electrons. The highest BCUT2D eigenvalue weighted by molar-refractivity contribution is 9.10. The second-order valence-electron chi connectivity index (χ2n) is 3.46. The quantitative estimate of drug-likeness (QED) is 0.777. The summed E-state index contributed by atoms with van der Waals surface area (Å²) in [5.41, 5.74) is 0. The van der Waals surface area contributed by atoms with Crippen LogP contribution < -0.4 is 0 Å². The topological polar surface area (TPSA) is 66.8 Å². The minimum Gasteiger partial charge on any atom is -0.480 e. The van der Waals surface area contributed by atoms with Gasteiger partial charge in [-0.15, -0.1) is 0 Å². The lowest BCUT2D eigenvalue weighted by molar-refractivity contribution is -0.140. The van der Waals surface area contributed by atoms with Crippen molar-refractivity contribution in [2.75, 3.05) is 19.7 Å². The highest BCUT2D eigenvalue weighted by Gasteiger charge is 2.40. The second kappa shape index (κ2) is 4.83. The van der Waals surface area contributed by atoms with E-state index < -0.39 is 10.3 Å². The summed E-state index contributed by atoms with van der Waals surface area (Å²) in [7, 11) is 0. The van der Waals surface area contributed by atoms with Gasteiger partial charge in [-0.3, -0.25) is 4.79 Å². The Balaban J connectivity index is 2.49. The predicted molar refractivity (Wildman–Crippen MR) is 57.1 cm³/mol. The normalized spacial score (nSPS) is 19.7. The number of alkyl halides is 1. The minimum absolute atomic E-state index is 0.341. The van der Waals surface area contributed by atoms with Crippen molar-refractivity contribution >= 4 is 28.0 Å². The summed E-state index contributed by atoms with van der Waals surface area (Å²) in [6.07, 6.45) is 0.444. The molecule has 0 spiro atoms. The number of carboxylic acids is 1. The van der Waals surface area contributed by atoms with Gasteiger partial charge in [0.15, 0.2) is 0 Å². The fourth-order valence-electron chi connectivity index (χ4n) is 1.47. The van der Waals surface area contributed by atoms with Crippen LogP contribution in [0.4, 0.5) is 4.79 Å². The van der Waals surface area contributed by atoms with Crippen LogP contribution in [-0.2, 0) is 9.53 Å². The lowest BCUT2D eigenvalue weighted by Gasteiger charge is -2.34. The van der Waals surface area contributed by atoms with Gasteiger partial charge in [0.05, 0.1) is 6.61 Å². The number of carboxylic acid groups (broad SMARTS) is 1. The van der Waals surface area contributed by atoms with Crippen molar-refractivity contribution in [3.8, 4) is 0 Å². The van der Waals surface area contributed by atoms with E-state index in [0.717, 1.165) is 0 Å². The molecule has 0 aromatic carbocycles. The van der Waals surface area contributed by atoms with Crippen molar-refractivity contribution < 1.29 is 19.4 Å². The molecular weight excluding hydrogens is 266 g/mol. The first-order chi connectivity index (χ1) is 6.99. The summed E-state index contributed by atoms with van der Waals surface area (Å²) in [5.74, 6) is -0.869. The summed E-state index contributed by atoms with van der Waals surface area (Å²) in [4.78, 5) is 23.8. The lowest BCUT2D eigenvalue weighted by Crippen LogP contribution is -2.47. The van der Waals surface area contributed by atoms with Crippen molar-refractivity contribution in [2.24, 2.45) is 0 Å². The van der Waals surface area contributed by atoms with Crippen LogP contribution in [0.15, 0.2) is 0 Å². The van der Waals surface area contributed by atoms with Crippen molar-refractivity contribution in [3.63, 3.8) is 0 Å². The van der Waals surface area contributed by atoms with Crippen LogP contribution in [0.25, 0.3) is 0 Å². The van der Waals surface area contributed by atoms with Crippen LogP contribution in [0.5, 0.6) is 0 Å². The van der Waals surface area contributed by atoms with Crippen molar-refractivity contribution in [3.05, 3.63) is 0 Å². The SMILES string of the molecule is CCOC(=O)N1CCC(Br)(C(=O)O)CC1. The van der Waals surface area contributed by atoms with E-state index in [1.807, 2.05) is 0 Å². The van der Waals surface area contributed by atoms with Crippen LogP contribution in [-0.4, -0.2) is 46.1 Å². The summed E-state index contributed by atoms with van der Waals surface area (Å²) < 4.78 is 3.96. The number of rotatable bonds is 2.